The highest BCUT2D eigenvalue weighted by Gasteiger charge is 2.49. The van der Waals surface area contributed by atoms with Crippen molar-refractivity contribution in [3.8, 4) is 0 Å². The number of carbonyl (C=O) groups excluding carboxylic acids is 1. The molecule has 2 fully saturated rings. The van der Waals surface area contributed by atoms with Crippen molar-refractivity contribution in [1.29, 1.82) is 0 Å². The van der Waals surface area contributed by atoms with Crippen molar-refractivity contribution in [3.63, 3.8) is 0 Å². The van der Waals surface area contributed by atoms with E-state index in [0.29, 0.717) is 29.3 Å². The van der Waals surface area contributed by atoms with E-state index in [1.165, 1.54) is 22.5 Å². The molecule has 3 aromatic rings. The number of amides is 1. The Labute approximate surface area is 269 Å². The molecular weight excluding hydrogens is 622 g/mol. The zero-order valence-corrected chi connectivity index (χ0v) is 27.3. The predicted octanol–water partition coefficient (Wildman–Crippen LogP) is 8.13. The second-order valence-corrected chi connectivity index (χ2v) is 14.5. The van der Waals surface area contributed by atoms with Crippen LogP contribution in [0.5, 0.6) is 0 Å². The minimum absolute atomic E-state index is 0.0215. The Hall–Kier alpha value is -2.91. The van der Waals surface area contributed by atoms with Crippen molar-refractivity contribution in [3.05, 3.63) is 112 Å². The minimum atomic E-state index is -3.88. The van der Waals surface area contributed by atoms with Crippen molar-refractivity contribution in [2.45, 2.75) is 69.6 Å². The maximum absolute atomic E-state index is 15.2. The number of sulfonamides is 1. The van der Waals surface area contributed by atoms with Crippen LogP contribution in [0.25, 0.3) is 0 Å². The number of rotatable bonds is 11. The Kier molecular flexibility index (Phi) is 10.0. The summed E-state index contributed by atoms with van der Waals surface area (Å²) in [5, 5.41) is 0.486. The molecule has 3 aromatic carbocycles. The number of hydrogen-bond donors (Lipinski definition) is 0. The number of para-hydroxylation sites is 1. The summed E-state index contributed by atoms with van der Waals surface area (Å²) >= 11 is 12.7. The average molecular weight is 660 g/mol. The van der Waals surface area contributed by atoms with Crippen LogP contribution in [-0.4, -0.2) is 43.2 Å². The van der Waals surface area contributed by atoms with E-state index >= 15 is 4.39 Å². The summed E-state index contributed by atoms with van der Waals surface area (Å²) in [6.07, 6.45) is 3.76. The van der Waals surface area contributed by atoms with Gasteiger partial charge in [0, 0.05) is 16.0 Å². The zero-order valence-electron chi connectivity index (χ0n) is 24.9. The fourth-order valence-corrected chi connectivity index (χ4v) is 8.18. The van der Waals surface area contributed by atoms with Crippen molar-refractivity contribution < 1.29 is 22.3 Å². The fourth-order valence-electron chi connectivity index (χ4n) is 5.96. The van der Waals surface area contributed by atoms with E-state index in [4.69, 9.17) is 27.9 Å². The molecule has 0 spiro atoms. The minimum Gasteiger partial charge on any atom is -0.357 e. The monoisotopic (exact) mass is 658 g/mol. The van der Waals surface area contributed by atoms with Crippen molar-refractivity contribution in [2.24, 2.45) is 5.92 Å². The van der Waals surface area contributed by atoms with Gasteiger partial charge in [0.05, 0.1) is 29.6 Å². The van der Waals surface area contributed by atoms with Gasteiger partial charge in [0.1, 0.15) is 18.0 Å². The second-order valence-electron chi connectivity index (χ2n) is 11.4. The molecule has 6 nitrogen and oxygen atoms in total. The third-order valence-electron chi connectivity index (χ3n) is 8.35. The molecule has 44 heavy (non-hydrogen) atoms. The first-order valence-electron chi connectivity index (χ1n) is 14.9. The lowest BCUT2D eigenvalue weighted by Gasteiger charge is -2.49. The summed E-state index contributed by atoms with van der Waals surface area (Å²) in [6, 6.07) is 19.2. The summed E-state index contributed by atoms with van der Waals surface area (Å²) < 4.78 is 50.7. The van der Waals surface area contributed by atoms with Gasteiger partial charge >= 0.3 is 0 Å². The Balaban J connectivity index is 1.67. The molecule has 0 aromatic heterocycles. The smallest absolute Gasteiger partial charge is 0.253 e. The number of carbonyl (C=O) groups is 1. The molecule has 1 saturated heterocycles. The molecule has 1 saturated carbocycles. The van der Waals surface area contributed by atoms with Crippen LogP contribution in [-0.2, 0) is 19.6 Å². The summed E-state index contributed by atoms with van der Waals surface area (Å²) in [5.74, 6) is -1.18. The third-order valence-corrected chi connectivity index (χ3v) is 11.1. The molecule has 1 heterocycles. The normalized spacial score (nSPS) is 22.3. The van der Waals surface area contributed by atoms with E-state index in [2.05, 4.69) is 0 Å². The molecule has 0 N–H and O–H groups in total. The van der Waals surface area contributed by atoms with Crippen molar-refractivity contribution in [1.82, 2.24) is 4.90 Å². The maximum atomic E-state index is 15.2. The van der Waals surface area contributed by atoms with Gasteiger partial charge in [-0.1, -0.05) is 85.6 Å². The van der Waals surface area contributed by atoms with Gasteiger partial charge < -0.3 is 9.64 Å². The summed E-state index contributed by atoms with van der Waals surface area (Å²) in [7, 11) is -3.88. The van der Waals surface area contributed by atoms with Gasteiger partial charge in [-0.25, -0.2) is 12.8 Å². The third kappa shape index (κ3) is 6.69. The van der Waals surface area contributed by atoms with Crippen LogP contribution in [0, 0.1) is 11.7 Å². The van der Waals surface area contributed by atoms with Gasteiger partial charge in [0.25, 0.3) is 5.91 Å². The number of morpholine rings is 1. The van der Waals surface area contributed by atoms with Crippen LogP contribution in [0.2, 0.25) is 10.0 Å². The molecule has 2 aliphatic rings. The van der Waals surface area contributed by atoms with Gasteiger partial charge in [0.15, 0.2) is 0 Å². The van der Waals surface area contributed by atoms with Gasteiger partial charge in [-0.05, 0) is 73.7 Å². The topological polar surface area (TPSA) is 66.9 Å². The SMILES string of the molecule is C/C=C/[C@H](C)[C@@H]1O[C@H](c2cccc(Cl)c2)[C@@H](c2ccc(Cl)cc2)N([C@H](CC)CN(c2ccccc2F)S(=O)(=O)C2CC2)C1=O. The summed E-state index contributed by atoms with van der Waals surface area (Å²) in [4.78, 5) is 16.4. The Morgan fingerprint density at radius 1 is 1.02 bits per heavy atom. The highest BCUT2D eigenvalue weighted by Crippen LogP contribution is 2.46. The first-order chi connectivity index (χ1) is 21.1. The standard InChI is InChI=1S/C34H37Cl2FN2O4S/c1-4-9-22(3)32-34(40)39(27(5-2)21-38(44(41,42)28-18-19-28)30-13-7-6-12-29(30)37)31(23-14-16-25(35)17-15-23)33(43-32)24-10-8-11-26(36)20-24/h4,6-17,20,22,27-28,31-33H,5,18-19,21H2,1-3H3/b9-4+/t22-,27+,31+,32-,33+/m0/s1. The lowest BCUT2D eigenvalue weighted by atomic mass is 9.88. The van der Waals surface area contributed by atoms with E-state index in [1.807, 2.05) is 63.3 Å². The van der Waals surface area contributed by atoms with E-state index in [1.54, 1.807) is 29.2 Å². The number of hydrogen-bond acceptors (Lipinski definition) is 4. The first kappa shape index (κ1) is 32.5. The molecule has 0 bridgehead atoms. The zero-order chi connectivity index (χ0) is 31.6. The molecular formula is C34H37Cl2FN2O4S. The maximum Gasteiger partial charge on any atom is 0.253 e. The Bertz CT molecular complexity index is 1610. The molecule has 1 aliphatic carbocycles. The second kappa shape index (κ2) is 13.6. The number of benzene rings is 3. The first-order valence-corrected chi connectivity index (χ1v) is 17.2. The van der Waals surface area contributed by atoms with Crippen LogP contribution < -0.4 is 4.31 Å². The molecule has 234 valence electrons. The molecule has 0 radical (unpaired) electrons. The van der Waals surface area contributed by atoms with Gasteiger partial charge in [0.2, 0.25) is 10.0 Å². The quantitative estimate of drug-likeness (QED) is 0.195. The van der Waals surface area contributed by atoms with Crippen LogP contribution in [0.1, 0.15) is 63.3 Å². The average Bonchev–Trinajstić information content (AvgIpc) is 3.86. The van der Waals surface area contributed by atoms with E-state index in [-0.39, 0.29) is 24.1 Å². The fraction of sp³-hybridized carbons (Fsp3) is 0.382. The van der Waals surface area contributed by atoms with E-state index in [0.717, 1.165) is 11.1 Å². The summed E-state index contributed by atoms with van der Waals surface area (Å²) in [6.45, 7) is 5.60. The van der Waals surface area contributed by atoms with Crippen LogP contribution in [0.15, 0.2) is 84.9 Å². The van der Waals surface area contributed by atoms with Crippen LogP contribution >= 0.6 is 23.2 Å². The number of ether oxygens (including phenoxy) is 1. The molecule has 0 unspecified atom stereocenters. The van der Waals surface area contributed by atoms with Crippen molar-refractivity contribution >= 4 is 44.8 Å². The number of halogens is 3. The lowest BCUT2D eigenvalue weighted by molar-refractivity contribution is -0.183. The van der Waals surface area contributed by atoms with Crippen LogP contribution in [0.3, 0.4) is 0 Å². The lowest BCUT2D eigenvalue weighted by Crippen LogP contribution is -2.59. The summed E-state index contributed by atoms with van der Waals surface area (Å²) in [5.41, 5.74) is 1.52. The Morgan fingerprint density at radius 2 is 1.73 bits per heavy atom. The Morgan fingerprint density at radius 3 is 2.34 bits per heavy atom. The van der Waals surface area contributed by atoms with Crippen molar-refractivity contribution in [2.75, 3.05) is 10.8 Å². The van der Waals surface area contributed by atoms with Gasteiger partial charge in [-0.15, -0.1) is 0 Å². The largest absolute Gasteiger partial charge is 0.357 e. The molecule has 1 amide bonds. The molecule has 5 rings (SSSR count). The van der Waals surface area contributed by atoms with E-state index < -0.39 is 45.4 Å². The van der Waals surface area contributed by atoms with E-state index in [9.17, 15) is 13.2 Å². The molecule has 10 heteroatoms. The highest BCUT2D eigenvalue weighted by atomic mass is 35.5. The number of allylic oxidation sites excluding steroid dienone is 1. The van der Waals surface area contributed by atoms with Crippen LogP contribution in [0.4, 0.5) is 10.1 Å². The molecule has 1 aliphatic heterocycles. The van der Waals surface area contributed by atoms with Gasteiger partial charge in [-0.2, -0.15) is 0 Å². The number of anilines is 1. The van der Waals surface area contributed by atoms with Gasteiger partial charge in [-0.3, -0.25) is 9.10 Å². The molecule has 5 atom stereocenters. The highest BCUT2D eigenvalue weighted by molar-refractivity contribution is 7.93. The predicted molar refractivity (Wildman–Crippen MR) is 174 cm³/mol. The number of nitrogens with zero attached hydrogens (tertiary/aromatic N) is 2.